The van der Waals surface area contributed by atoms with Gasteiger partial charge in [-0.3, -0.25) is 18.6 Å². The van der Waals surface area contributed by atoms with Gasteiger partial charge in [0, 0.05) is 13.0 Å². The number of ether oxygens (including phenoxy) is 2. The van der Waals surface area contributed by atoms with E-state index in [1.165, 1.54) is 238 Å². The molecule has 0 amide bonds. The SMILES string of the molecule is CCCCCCCCCCCCCCCCCCCCCCCCCCCCCC(=O)O[C@H](COCCCCCCCCCCCCCCCCCC)COP(=O)(O)OC[C@H](N)C(=O)O. The number of carboxylic acid groups (broad SMARTS) is 1. The summed E-state index contributed by atoms with van der Waals surface area (Å²) in [4.78, 5) is 33.7. The van der Waals surface area contributed by atoms with E-state index in [0.717, 1.165) is 38.5 Å². The Kier molecular flexibility index (Phi) is 50.0. The third kappa shape index (κ3) is 50.7. The fourth-order valence-corrected chi connectivity index (χ4v) is 9.33. The lowest BCUT2D eigenvalue weighted by atomic mass is 10.0. The Bertz CT molecular complexity index is 1050. The van der Waals surface area contributed by atoms with Crippen molar-refractivity contribution in [3.05, 3.63) is 0 Å². The minimum Gasteiger partial charge on any atom is -0.480 e. The number of phosphoric ester groups is 1. The number of phosphoric acid groups is 1. The van der Waals surface area contributed by atoms with Gasteiger partial charge in [-0.15, -0.1) is 0 Å². The number of carbonyl (C=O) groups excluding carboxylic acids is 1. The number of nitrogens with two attached hydrogens (primary N) is 1. The quantitative estimate of drug-likeness (QED) is 0.0305. The third-order valence-electron chi connectivity index (χ3n) is 12.9. The molecule has 0 aromatic rings. The van der Waals surface area contributed by atoms with Crippen LogP contribution >= 0.6 is 7.82 Å². The van der Waals surface area contributed by atoms with Crippen LogP contribution < -0.4 is 5.73 Å². The summed E-state index contributed by atoms with van der Waals surface area (Å²) in [7, 11) is -4.62. The van der Waals surface area contributed by atoms with Crippen molar-refractivity contribution in [3.63, 3.8) is 0 Å². The minimum atomic E-state index is -4.62. The van der Waals surface area contributed by atoms with Gasteiger partial charge in [-0.25, -0.2) is 4.57 Å². The Morgan fingerprint density at radius 2 is 0.708 bits per heavy atom. The number of unbranched alkanes of at least 4 members (excludes halogenated alkanes) is 41. The molecule has 0 aliphatic heterocycles. The molecule has 388 valence electrons. The molecule has 10 nitrogen and oxygen atoms in total. The second-order valence-corrected chi connectivity index (χ2v) is 20.9. The average molecular weight is 946 g/mol. The molecule has 0 bridgehead atoms. The molecule has 0 radical (unpaired) electrons. The lowest BCUT2D eigenvalue weighted by Crippen LogP contribution is -2.34. The molecule has 0 heterocycles. The molecule has 11 heteroatoms. The molecule has 1 unspecified atom stereocenters. The zero-order valence-electron chi connectivity index (χ0n) is 42.9. The van der Waals surface area contributed by atoms with Gasteiger partial charge in [-0.05, 0) is 12.8 Å². The van der Waals surface area contributed by atoms with Gasteiger partial charge in [-0.1, -0.05) is 277 Å². The van der Waals surface area contributed by atoms with Gasteiger partial charge in [-0.2, -0.15) is 0 Å². The van der Waals surface area contributed by atoms with E-state index in [0.29, 0.717) is 6.61 Å². The molecular weight excluding hydrogens is 838 g/mol. The molecule has 0 saturated carbocycles. The minimum absolute atomic E-state index is 0.0264. The summed E-state index contributed by atoms with van der Waals surface area (Å²) in [5.41, 5.74) is 5.38. The normalized spacial score (nSPS) is 13.5. The van der Waals surface area contributed by atoms with Crippen LogP contribution in [0.4, 0.5) is 0 Å². The van der Waals surface area contributed by atoms with E-state index in [1.807, 2.05) is 0 Å². The Morgan fingerprint density at radius 3 is 1.02 bits per heavy atom. The van der Waals surface area contributed by atoms with Gasteiger partial charge in [0.15, 0.2) is 0 Å². The van der Waals surface area contributed by atoms with E-state index in [2.05, 4.69) is 13.8 Å². The molecule has 0 rings (SSSR count). The second kappa shape index (κ2) is 50.8. The van der Waals surface area contributed by atoms with Crippen molar-refractivity contribution in [2.75, 3.05) is 26.4 Å². The highest BCUT2D eigenvalue weighted by Gasteiger charge is 2.27. The Balaban J connectivity index is 3.97. The lowest BCUT2D eigenvalue weighted by Gasteiger charge is -2.20. The number of carboxylic acids is 1. The van der Waals surface area contributed by atoms with Crippen LogP contribution in [0.25, 0.3) is 0 Å². The second-order valence-electron chi connectivity index (χ2n) is 19.4. The maximum Gasteiger partial charge on any atom is 0.472 e. The highest BCUT2D eigenvalue weighted by Crippen LogP contribution is 2.43. The number of esters is 1. The van der Waals surface area contributed by atoms with Gasteiger partial charge in [0.25, 0.3) is 0 Å². The van der Waals surface area contributed by atoms with Crippen molar-refractivity contribution in [2.24, 2.45) is 5.73 Å². The number of carbonyl (C=O) groups is 2. The van der Waals surface area contributed by atoms with Crippen molar-refractivity contribution in [1.82, 2.24) is 0 Å². The van der Waals surface area contributed by atoms with Gasteiger partial charge in [0.1, 0.15) is 12.1 Å². The topological polar surface area (TPSA) is 155 Å². The summed E-state index contributed by atoms with van der Waals surface area (Å²) in [6.07, 6.45) is 56.1. The summed E-state index contributed by atoms with van der Waals surface area (Å²) in [5.74, 6) is -1.76. The molecule has 65 heavy (non-hydrogen) atoms. The summed E-state index contributed by atoms with van der Waals surface area (Å²) in [5, 5.41) is 8.94. The maximum atomic E-state index is 12.7. The fraction of sp³-hybridized carbons (Fsp3) is 0.963. The summed E-state index contributed by atoms with van der Waals surface area (Å²) in [6, 6.07) is -1.47. The van der Waals surface area contributed by atoms with E-state index in [9.17, 15) is 19.0 Å². The van der Waals surface area contributed by atoms with Crippen molar-refractivity contribution in [3.8, 4) is 0 Å². The van der Waals surface area contributed by atoms with Crippen LogP contribution in [-0.4, -0.2) is 60.5 Å². The van der Waals surface area contributed by atoms with Crippen LogP contribution in [0, 0.1) is 0 Å². The average Bonchev–Trinajstić information content (AvgIpc) is 3.29. The van der Waals surface area contributed by atoms with E-state index in [-0.39, 0.29) is 13.0 Å². The highest BCUT2D eigenvalue weighted by molar-refractivity contribution is 7.47. The first-order chi connectivity index (χ1) is 31.7. The first-order valence-electron chi connectivity index (χ1n) is 28.1. The van der Waals surface area contributed by atoms with Crippen LogP contribution in [-0.2, 0) is 32.7 Å². The fourth-order valence-electron chi connectivity index (χ4n) is 8.55. The predicted octanol–water partition coefficient (Wildman–Crippen LogP) is 16.7. The smallest absolute Gasteiger partial charge is 0.472 e. The van der Waals surface area contributed by atoms with Crippen molar-refractivity contribution in [2.45, 2.75) is 309 Å². The highest BCUT2D eigenvalue weighted by atomic mass is 31.2. The van der Waals surface area contributed by atoms with Gasteiger partial charge < -0.3 is 25.2 Å². The molecule has 3 atom stereocenters. The number of hydrogen-bond acceptors (Lipinski definition) is 8. The van der Waals surface area contributed by atoms with E-state index in [1.54, 1.807) is 0 Å². The Morgan fingerprint density at radius 1 is 0.431 bits per heavy atom. The van der Waals surface area contributed by atoms with Crippen LogP contribution in [0.5, 0.6) is 0 Å². The van der Waals surface area contributed by atoms with Crippen LogP contribution in [0.1, 0.15) is 296 Å². The summed E-state index contributed by atoms with van der Waals surface area (Å²) < 4.78 is 33.6. The predicted molar refractivity (Wildman–Crippen MR) is 273 cm³/mol. The zero-order chi connectivity index (χ0) is 47.6. The molecular formula is C54H108NO9P. The van der Waals surface area contributed by atoms with Crippen LogP contribution in [0.15, 0.2) is 0 Å². The lowest BCUT2D eigenvalue weighted by molar-refractivity contribution is -0.154. The Labute approximate surface area is 401 Å². The molecule has 0 fully saturated rings. The first-order valence-corrected chi connectivity index (χ1v) is 29.6. The van der Waals surface area contributed by atoms with Crippen molar-refractivity contribution < 1.29 is 42.7 Å². The van der Waals surface area contributed by atoms with E-state index < -0.39 is 45.1 Å². The molecule has 0 aliphatic rings. The largest absolute Gasteiger partial charge is 0.480 e. The molecule has 0 aliphatic carbocycles. The van der Waals surface area contributed by atoms with Crippen LogP contribution in [0.3, 0.4) is 0 Å². The third-order valence-corrected chi connectivity index (χ3v) is 13.8. The maximum absolute atomic E-state index is 12.7. The van der Waals surface area contributed by atoms with Gasteiger partial charge >= 0.3 is 19.8 Å². The van der Waals surface area contributed by atoms with E-state index in [4.69, 9.17) is 29.4 Å². The molecule has 0 aromatic heterocycles. The molecule has 0 saturated heterocycles. The summed E-state index contributed by atoms with van der Waals surface area (Å²) in [6.45, 7) is 3.97. The van der Waals surface area contributed by atoms with Crippen molar-refractivity contribution >= 4 is 19.8 Å². The number of aliphatic carboxylic acids is 1. The molecule has 4 N–H and O–H groups in total. The first kappa shape index (κ1) is 64.0. The van der Waals surface area contributed by atoms with Gasteiger partial charge in [0.2, 0.25) is 0 Å². The van der Waals surface area contributed by atoms with Crippen molar-refractivity contribution in [1.29, 1.82) is 0 Å². The van der Waals surface area contributed by atoms with E-state index >= 15 is 0 Å². The Hall–Kier alpha value is -1.03. The van der Waals surface area contributed by atoms with Crippen LogP contribution in [0.2, 0.25) is 0 Å². The zero-order valence-corrected chi connectivity index (χ0v) is 43.8. The molecule has 0 aromatic carbocycles. The van der Waals surface area contributed by atoms with Gasteiger partial charge in [0.05, 0.1) is 19.8 Å². The number of rotatable bonds is 55. The monoisotopic (exact) mass is 946 g/mol. The summed E-state index contributed by atoms with van der Waals surface area (Å²) >= 11 is 0. The number of hydrogen-bond donors (Lipinski definition) is 3. The molecule has 0 spiro atoms. The standard InChI is InChI=1S/C54H108NO9P/c1-3-5-7-9-11-13-15-17-19-21-22-23-24-25-26-27-28-29-30-31-32-34-36-38-40-42-44-46-53(56)64-51(49-62-65(59,60)63-50-52(55)54(57)58)48-61-47-45-43-41-39-37-35-33-20-18-16-14-12-10-8-6-4-2/h51-52H,3-50,55H2,1-2H3,(H,57,58)(H,59,60)/t51-,52+/m1/s1.